The van der Waals surface area contributed by atoms with E-state index in [1.54, 1.807) is 16.7 Å². The highest BCUT2D eigenvalue weighted by molar-refractivity contribution is 7.16. The van der Waals surface area contributed by atoms with Gasteiger partial charge in [-0.25, -0.2) is 8.78 Å². The van der Waals surface area contributed by atoms with Gasteiger partial charge in [0.1, 0.15) is 5.82 Å². The molecular formula is C18H16F2N2OS. The minimum Gasteiger partial charge on any atom is -0.314 e. The van der Waals surface area contributed by atoms with Gasteiger partial charge in [-0.05, 0) is 50.1 Å². The molecule has 0 bridgehead atoms. The molecule has 6 heteroatoms. The van der Waals surface area contributed by atoms with Gasteiger partial charge < -0.3 is 4.57 Å². The molecule has 124 valence electrons. The lowest BCUT2D eigenvalue weighted by Gasteiger charge is -2.03. The molecule has 0 aliphatic heterocycles. The topological polar surface area (TPSA) is 34.4 Å². The summed E-state index contributed by atoms with van der Waals surface area (Å²) in [6, 6.07) is 7.47. The van der Waals surface area contributed by atoms with E-state index in [4.69, 9.17) is 0 Å². The summed E-state index contributed by atoms with van der Waals surface area (Å²) in [5, 5.41) is 0. The number of aryl methyl sites for hydroxylation is 3. The predicted molar refractivity (Wildman–Crippen MR) is 91.2 cm³/mol. The third-order valence-electron chi connectivity index (χ3n) is 3.96. The van der Waals surface area contributed by atoms with Gasteiger partial charge in [0.05, 0.1) is 10.2 Å². The van der Waals surface area contributed by atoms with E-state index >= 15 is 0 Å². The van der Waals surface area contributed by atoms with E-state index in [1.807, 2.05) is 26.8 Å². The van der Waals surface area contributed by atoms with E-state index in [-0.39, 0.29) is 5.52 Å². The minimum absolute atomic E-state index is 0.274. The Morgan fingerprint density at radius 1 is 1.17 bits per heavy atom. The van der Waals surface area contributed by atoms with Gasteiger partial charge in [-0.2, -0.15) is 4.99 Å². The maximum Gasteiger partial charge on any atom is 0.279 e. The van der Waals surface area contributed by atoms with Gasteiger partial charge in [0.2, 0.25) is 0 Å². The van der Waals surface area contributed by atoms with E-state index in [1.165, 1.54) is 6.07 Å². The lowest BCUT2D eigenvalue weighted by Crippen LogP contribution is -2.16. The van der Waals surface area contributed by atoms with Crippen LogP contribution in [0.5, 0.6) is 0 Å². The molecule has 1 amide bonds. The van der Waals surface area contributed by atoms with Crippen molar-refractivity contribution in [3.05, 3.63) is 63.5 Å². The zero-order valence-corrected chi connectivity index (χ0v) is 14.4. The summed E-state index contributed by atoms with van der Waals surface area (Å²) in [6.07, 6.45) is 0. The molecule has 0 radical (unpaired) electrons. The van der Waals surface area contributed by atoms with Gasteiger partial charge in [0, 0.05) is 18.2 Å². The standard InChI is InChI=1S/C18H16F2N2OS/c1-4-22-16-14(20)8-13(19)9-15(16)24-18(22)21-17(23)12-6-5-10(2)11(3)7-12/h5-9H,4H2,1-3H3. The van der Waals surface area contributed by atoms with Crippen LogP contribution in [0, 0.1) is 25.5 Å². The summed E-state index contributed by atoms with van der Waals surface area (Å²) in [6.45, 7) is 6.15. The number of hydrogen-bond acceptors (Lipinski definition) is 2. The van der Waals surface area contributed by atoms with Crippen LogP contribution in [0.4, 0.5) is 8.78 Å². The molecule has 0 atom stereocenters. The number of fused-ring (bicyclic) bond motifs is 1. The Morgan fingerprint density at radius 2 is 1.92 bits per heavy atom. The summed E-state index contributed by atoms with van der Waals surface area (Å²) >= 11 is 1.10. The fraction of sp³-hybridized carbons (Fsp3) is 0.222. The van der Waals surface area contributed by atoms with Crippen molar-refractivity contribution >= 4 is 27.5 Å². The molecule has 0 aliphatic carbocycles. The highest BCUT2D eigenvalue weighted by atomic mass is 32.1. The summed E-state index contributed by atoms with van der Waals surface area (Å²) in [4.78, 5) is 16.9. The van der Waals surface area contributed by atoms with E-state index in [0.29, 0.717) is 21.6 Å². The second-order valence-corrected chi connectivity index (χ2v) is 6.59. The Morgan fingerprint density at radius 3 is 2.58 bits per heavy atom. The smallest absolute Gasteiger partial charge is 0.279 e. The molecule has 0 unspecified atom stereocenters. The van der Waals surface area contributed by atoms with Gasteiger partial charge in [-0.3, -0.25) is 4.79 Å². The second-order valence-electron chi connectivity index (χ2n) is 5.58. The summed E-state index contributed by atoms with van der Waals surface area (Å²) < 4.78 is 29.5. The van der Waals surface area contributed by atoms with Crippen LogP contribution in [0.1, 0.15) is 28.4 Å². The van der Waals surface area contributed by atoms with Crippen LogP contribution in [0.2, 0.25) is 0 Å². The average molecular weight is 346 g/mol. The van der Waals surface area contributed by atoms with Crippen molar-refractivity contribution in [3.63, 3.8) is 0 Å². The lowest BCUT2D eigenvalue weighted by molar-refractivity contribution is 0.0997. The van der Waals surface area contributed by atoms with Crippen molar-refractivity contribution < 1.29 is 13.6 Å². The first-order chi connectivity index (χ1) is 11.4. The molecule has 0 aliphatic rings. The van der Waals surface area contributed by atoms with Crippen LogP contribution in [0.3, 0.4) is 0 Å². The van der Waals surface area contributed by atoms with Crippen molar-refractivity contribution in [2.45, 2.75) is 27.3 Å². The van der Waals surface area contributed by atoms with Crippen LogP contribution in [0.15, 0.2) is 35.3 Å². The van der Waals surface area contributed by atoms with Crippen LogP contribution in [0.25, 0.3) is 10.2 Å². The quantitative estimate of drug-likeness (QED) is 0.679. The molecular weight excluding hydrogens is 330 g/mol. The molecule has 0 saturated heterocycles. The number of aromatic nitrogens is 1. The van der Waals surface area contributed by atoms with Crippen LogP contribution < -0.4 is 4.80 Å². The summed E-state index contributed by atoms with van der Waals surface area (Å²) in [5.41, 5.74) is 2.85. The summed E-state index contributed by atoms with van der Waals surface area (Å²) in [5.74, 6) is -1.69. The number of nitrogens with zero attached hydrogens (tertiary/aromatic N) is 2. The largest absolute Gasteiger partial charge is 0.314 e. The normalized spacial score (nSPS) is 12.1. The zero-order chi connectivity index (χ0) is 17.4. The SMILES string of the molecule is CCn1c(=NC(=O)c2ccc(C)c(C)c2)sc2cc(F)cc(F)c21. The first kappa shape index (κ1) is 16.5. The van der Waals surface area contributed by atoms with E-state index in [0.717, 1.165) is 28.5 Å². The van der Waals surface area contributed by atoms with Gasteiger partial charge in [-0.1, -0.05) is 17.4 Å². The fourth-order valence-corrected chi connectivity index (χ4v) is 3.67. The molecule has 1 heterocycles. The van der Waals surface area contributed by atoms with Crippen molar-refractivity contribution in [2.24, 2.45) is 4.99 Å². The molecule has 3 rings (SSSR count). The molecule has 2 aromatic carbocycles. The Labute approximate surface area is 141 Å². The average Bonchev–Trinajstić information content (AvgIpc) is 2.87. The molecule has 0 N–H and O–H groups in total. The van der Waals surface area contributed by atoms with Gasteiger partial charge in [0.25, 0.3) is 5.91 Å². The molecule has 0 fully saturated rings. The van der Waals surface area contributed by atoms with Crippen molar-refractivity contribution in [3.8, 4) is 0 Å². The van der Waals surface area contributed by atoms with Crippen LogP contribution in [-0.4, -0.2) is 10.5 Å². The van der Waals surface area contributed by atoms with Gasteiger partial charge >= 0.3 is 0 Å². The van der Waals surface area contributed by atoms with Crippen molar-refractivity contribution in [2.75, 3.05) is 0 Å². The Kier molecular flexibility index (Phi) is 4.32. The number of rotatable bonds is 2. The third kappa shape index (κ3) is 2.89. The molecule has 3 aromatic rings. The van der Waals surface area contributed by atoms with Crippen LogP contribution in [-0.2, 0) is 6.54 Å². The fourth-order valence-electron chi connectivity index (χ4n) is 2.53. The van der Waals surface area contributed by atoms with Crippen LogP contribution >= 0.6 is 11.3 Å². The second kappa shape index (κ2) is 6.28. The molecule has 24 heavy (non-hydrogen) atoms. The maximum atomic E-state index is 14.1. The van der Waals surface area contributed by atoms with Gasteiger partial charge in [-0.15, -0.1) is 0 Å². The monoisotopic (exact) mass is 346 g/mol. The minimum atomic E-state index is -0.650. The number of thiazole rings is 1. The Hall–Kier alpha value is -2.34. The lowest BCUT2D eigenvalue weighted by atomic mass is 10.1. The Balaban J connectivity index is 2.17. The summed E-state index contributed by atoms with van der Waals surface area (Å²) in [7, 11) is 0. The predicted octanol–water partition coefficient (Wildman–Crippen LogP) is 4.36. The third-order valence-corrected chi connectivity index (χ3v) is 4.99. The number of carbonyl (C=O) groups excluding carboxylic acids is 1. The number of amides is 1. The van der Waals surface area contributed by atoms with Crippen molar-refractivity contribution in [1.82, 2.24) is 4.57 Å². The highest BCUT2D eigenvalue weighted by Gasteiger charge is 2.13. The van der Waals surface area contributed by atoms with E-state index < -0.39 is 17.5 Å². The number of carbonyl (C=O) groups is 1. The van der Waals surface area contributed by atoms with E-state index in [2.05, 4.69) is 4.99 Å². The number of hydrogen-bond donors (Lipinski definition) is 0. The molecule has 1 aromatic heterocycles. The Bertz CT molecular complexity index is 1020. The highest BCUT2D eigenvalue weighted by Crippen LogP contribution is 2.22. The first-order valence-electron chi connectivity index (χ1n) is 7.55. The molecule has 3 nitrogen and oxygen atoms in total. The first-order valence-corrected chi connectivity index (χ1v) is 8.37. The molecule has 0 spiro atoms. The van der Waals surface area contributed by atoms with Gasteiger partial charge in [0.15, 0.2) is 10.6 Å². The number of benzene rings is 2. The van der Waals surface area contributed by atoms with E-state index in [9.17, 15) is 13.6 Å². The van der Waals surface area contributed by atoms with Crippen molar-refractivity contribution in [1.29, 1.82) is 0 Å². The zero-order valence-electron chi connectivity index (χ0n) is 13.6. The molecule has 0 saturated carbocycles. The maximum absolute atomic E-state index is 14.1. The number of halogens is 2.